The third-order valence-corrected chi connectivity index (χ3v) is 4.35. The fourth-order valence-electron chi connectivity index (χ4n) is 2.84. The van der Waals surface area contributed by atoms with E-state index in [2.05, 4.69) is 31.3 Å². The molecule has 1 atom stereocenters. The Morgan fingerprint density at radius 3 is 2.58 bits per heavy atom. The molecule has 24 heavy (non-hydrogen) atoms. The molecule has 0 bridgehead atoms. The molecule has 0 saturated heterocycles. The molecule has 1 aliphatic heterocycles. The van der Waals surface area contributed by atoms with Crippen LogP contribution < -0.4 is 15.0 Å². The number of nitrogens with one attached hydrogen (secondary N) is 1. The molecule has 0 aromatic heterocycles. The maximum absolute atomic E-state index is 12.7. The average Bonchev–Trinajstić information content (AvgIpc) is 2.60. The Kier molecular flexibility index (Phi) is 4.74. The van der Waals surface area contributed by atoms with E-state index < -0.39 is 0 Å². The van der Waals surface area contributed by atoms with Gasteiger partial charge >= 0.3 is 6.03 Å². The number of hydrogen-bond donors (Lipinski definition) is 1. The number of anilines is 1. The first-order chi connectivity index (χ1) is 11.6. The maximum Gasteiger partial charge on any atom is 0.322 e. The molecule has 1 N–H and O–H groups in total. The van der Waals surface area contributed by atoms with Crippen LogP contribution in [0.25, 0.3) is 0 Å². The quantitative estimate of drug-likeness (QED) is 0.920. The van der Waals surface area contributed by atoms with Gasteiger partial charge in [0.05, 0.1) is 12.2 Å². The van der Waals surface area contributed by atoms with E-state index in [0.717, 1.165) is 29.0 Å². The first-order valence-corrected chi connectivity index (χ1v) is 8.45. The predicted molar refractivity (Wildman–Crippen MR) is 96.6 cm³/mol. The fourth-order valence-corrected chi connectivity index (χ4v) is 2.84. The van der Waals surface area contributed by atoms with Gasteiger partial charge in [0.25, 0.3) is 0 Å². The summed E-state index contributed by atoms with van der Waals surface area (Å²) in [6.07, 6.45) is 0.903. The molecule has 2 amide bonds. The number of amides is 2. The molecule has 4 nitrogen and oxygen atoms in total. The van der Waals surface area contributed by atoms with Gasteiger partial charge in [-0.3, -0.25) is 4.90 Å². The van der Waals surface area contributed by atoms with Crippen molar-refractivity contribution in [2.24, 2.45) is 0 Å². The van der Waals surface area contributed by atoms with Gasteiger partial charge in [0, 0.05) is 6.54 Å². The maximum atomic E-state index is 12.7. The summed E-state index contributed by atoms with van der Waals surface area (Å²) >= 11 is 0. The SMILES string of the molecule is CC[C@H]1CN(C(=O)NCc2ccc(C)cc2)c2cc(C)ccc2O1. The summed E-state index contributed by atoms with van der Waals surface area (Å²) in [5, 5.41) is 3.02. The molecule has 2 aromatic carbocycles. The molecule has 3 rings (SSSR count). The van der Waals surface area contributed by atoms with Gasteiger partial charge in [0.15, 0.2) is 0 Å². The number of fused-ring (bicyclic) bond motifs is 1. The molecule has 2 aromatic rings. The summed E-state index contributed by atoms with van der Waals surface area (Å²) in [6.45, 7) is 7.25. The second kappa shape index (κ2) is 6.95. The van der Waals surface area contributed by atoms with E-state index in [9.17, 15) is 4.79 Å². The Labute approximate surface area is 143 Å². The number of carbonyl (C=O) groups excluding carboxylic acids is 1. The Morgan fingerprint density at radius 1 is 1.17 bits per heavy atom. The molecular formula is C20H24N2O2. The minimum atomic E-state index is -0.0795. The summed E-state index contributed by atoms with van der Waals surface area (Å²) in [5.41, 5.74) is 4.27. The zero-order valence-electron chi connectivity index (χ0n) is 14.5. The van der Waals surface area contributed by atoms with Crippen LogP contribution in [0, 0.1) is 13.8 Å². The van der Waals surface area contributed by atoms with Crippen LogP contribution in [0.4, 0.5) is 10.5 Å². The summed E-state index contributed by atoms with van der Waals surface area (Å²) in [5.74, 6) is 0.782. The van der Waals surface area contributed by atoms with E-state index in [-0.39, 0.29) is 12.1 Å². The largest absolute Gasteiger partial charge is 0.486 e. The van der Waals surface area contributed by atoms with Crippen molar-refractivity contribution in [1.82, 2.24) is 5.32 Å². The number of carbonyl (C=O) groups is 1. The zero-order valence-corrected chi connectivity index (χ0v) is 14.5. The van der Waals surface area contributed by atoms with Crippen molar-refractivity contribution < 1.29 is 9.53 Å². The monoisotopic (exact) mass is 324 g/mol. The van der Waals surface area contributed by atoms with Gasteiger partial charge in [-0.2, -0.15) is 0 Å². The molecule has 0 spiro atoms. The van der Waals surface area contributed by atoms with Gasteiger partial charge in [-0.25, -0.2) is 4.79 Å². The van der Waals surface area contributed by atoms with E-state index in [1.165, 1.54) is 5.56 Å². The van der Waals surface area contributed by atoms with Crippen LogP contribution in [0.1, 0.15) is 30.0 Å². The van der Waals surface area contributed by atoms with Crippen molar-refractivity contribution in [3.63, 3.8) is 0 Å². The topological polar surface area (TPSA) is 41.6 Å². The van der Waals surface area contributed by atoms with Crippen molar-refractivity contribution in [3.05, 3.63) is 59.2 Å². The van der Waals surface area contributed by atoms with Crippen LogP contribution in [-0.4, -0.2) is 18.7 Å². The Balaban J connectivity index is 1.76. The Bertz CT molecular complexity index is 725. The van der Waals surface area contributed by atoms with Crippen LogP contribution in [0.5, 0.6) is 5.75 Å². The summed E-state index contributed by atoms with van der Waals surface area (Å²) in [4.78, 5) is 14.5. The standard InChI is InChI=1S/C20H24N2O2/c1-4-17-13-22(18-11-15(3)7-10-19(18)24-17)20(23)21-12-16-8-5-14(2)6-9-16/h5-11,17H,4,12-13H2,1-3H3,(H,21,23)/t17-/m0/s1. The Hall–Kier alpha value is -2.49. The van der Waals surface area contributed by atoms with Crippen LogP contribution in [0.2, 0.25) is 0 Å². The highest BCUT2D eigenvalue weighted by atomic mass is 16.5. The molecule has 0 radical (unpaired) electrons. The van der Waals surface area contributed by atoms with Crippen molar-refractivity contribution >= 4 is 11.7 Å². The van der Waals surface area contributed by atoms with Crippen molar-refractivity contribution in [3.8, 4) is 5.75 Å². The fraction of sp³-hybridized carbons (Fsp3) is 0.350. The highest BCUT2D eigenvalue weighted by Crippen LogP contribution is 2.34. The number of ether oxygens (including phenoxy) is 1. The summed E-state index contributed by atoms with van der Waals surface area (Å²) < 4.78 is 5.97. The highest BCUT2D eigenvalue weighted by molar-refractivity contribution is 5.94. The number of urea groups is 1. The van der Waals surface area contributed by atoms with Gasteiger partial charge in [-0.15, -0.1) is 0 Å². The van der Waals surface area contributed by atoms with Crippen molar-refractivity contribution in [2.75, 3.05) is 11.4 Å². The number of nitrogens with zero attached hydrogens (tertiary/aromatic N) is 1. The first-order valence-electron chi connectivity index (χ1n) is 8.45. The molecular weight excluding hydrogens is 300 g/mol. The molecule has 0 unspecified atom stereocenters. The molecule has 1 heterocycles. The summed E-state index contributed by atoms with van der Waals surface area (Å²) in [6, 6.07) is 14.1. The van der Waals surface area contributed by atoms with Gasteiger partial charge in [-0.1, -0.05) is 42.8 Å². The normalized spacial score (nSPS) is 16.3. The predicted octanol–water partition coefficient (Wildman–Crippen LogP) is 4.19. The van der Waals surface area contributed by atoms with E-state index in [1.54, 1.807) is 4.90 Å². The van der Waals surface area contributed by atoms with E-state index >= 15 is 0 Å². The van der Waals surface area contributed by atoms with Crippen molar-refractivity contribution in [2.45, 2.75) is 39.8 Å². The Morgan fingerprint density at radius 2 is 1.88 bits per heavy atom. The lowest BCUT2D eigenvalue weighted by Crippen LogP contribution is -2.47. The number of hydrogen-bond acceptors (Lipinski definition) is 2. The van der Waals surface area contributed by atoms with E-state index in [4.69, 9.17) is 4.74 Å². The van der Waals surface area contributed by atoms with E-state index in [0.29, 0.717) is 13.1 Å². The zero-order chi connectivity index (χ0) is 17.1. The second-order valence-electron chi connectivity index (χ2n) is 6.37. The van der Waals surface area contributed by atoms with Crippen LogP contribution >= 0.6 is 0 Å². The second-order valence-corrected chi connectivity index (χ2v) is 6.37. The van der Waals surface area contributed by atoms with Crippen LogP contribution in [0.3, 0.4) is 0 Å². The molecule has 1 aliphatic rings. The lowest BCUT2D eigenvalue weighted by Gasteiger charge is -2.34. The third-order valence-electron chi connectivity index (χ3n) is 4.35. The number of aryl methyl sites for hydroxylation is 2. The lowest BCUT2D eigenvalue weighted by atomic mass is 10.1. The van der Waals surface area contributed by atoms with Gasteiger partial charge < -0.3 is 10.1 Å². The van der Waals surface area contributed by atoms with Gasteiger partial charge in [0.2, 0.25) is 0 Å². The smallest absolute Gasteiger partial charge is 0.322 e. The summed E-state index contributed by atoms with van der Waals surface area (Å²) in [7, 11) is 0. The van der Waals surface area contributed by atoms with Crippen LogP contribution in [-0.2, 0) is 6.54 Å². The lowest BCUT2D eigenvalue weighted by molar-refractivity contribution is 0.186. The number of benzene rings is 2. The van der Waals surface area contributed by atoms with Gasteiger partial charge in [0.1, 0.15) is 11.9 Å². The number of rotatable bonds is 3. The molecule has 126 valence electrons. The minimum absolute atomic E-state index is 0.0327. The molecule has 0 saturated carbocycles. The molecule has 0 aliphatic carbocycles. The highest BCUT2D eigenvalue weighted by Gasteiger charge is 2.28. The first kappa shape index (κ1) is 16.4. The van der Waals surface area contributed by atoms with E-state index in [1.807, 2.05) is 37.3 Å². The third kappa shape index (κ3) is 3.53. The molecule has 0 fully saturated rings. The van der Waals surface area contributed by atoms with Crippen molar-refractivity contribution in [1.29, 1.82) is 0 Å². The molecule has 4 heteroatoms. The van der Waals surface area contributed by atoms with Crippen LogP contribution in [0.15, 0.2) is 42.5 Å². The average molecular weight is 324 g/mol. The minimum Gasteiger partial charge on any atom is -0.486 e. The van der Waals surface area contributed by atoms with Gasteiger partial charge in [-0.05, 0) is 43.5 Å².